The molecule has 160 valence electrons. The average molecular weight is 449 g/mol. The third-order valence-corrected chi connectivity index (χ3v) is 6.89. The van der Waals surface area contributed by atoms with Gasteiger partial charge in [-0.3, -0.25) is 0 Å². The maximum absolute atomic E-state index is 12.9. The number of hydrogen-bond acceptors (Lipinski definition) is 4. The summed E-state index contributed by atoms with van der Waals surface area (Å²) in [5.41, 5.74) is 2.75. The molecule has 2 aliphatic rings. The zero-order chi connectivity index (χ0) is 21.3. The largest absolute Gasteiger partial charge is 0.493 e. The van der Waals surface area contributed by atoms with Crippen molar-refractivity contribution in [2.75, 3.05) is 7.11 Å². The third kappa shape index (κ3) is 4.26. The summed E-state index contributed by atoms with van der Waals surface area (Å²) in [4.78, 5) is 12.9. The van der Waals surface area contributed by atoms with Crippen molar-refractivity contribution in [1.82, 2.24) is 0 Å². The molecule has 0 radical (unpaired) electrons. The van der Waals surface area contributed by atoms with Gasteiger partial charge in [0.15, 0.2) is 11.5 Å². The Morgan fingerprint density at radius 1 is 1.10 bits per heavy atom. The smallest absolute Gasteiger partial charge is 0.338 e. The first-order chi connectivity index (χ1) is 14.5. The Morgan fingerprint density at radius 3 is 2.70 bits per heavy atom. The summed E-state index contributed by atoms with van der Waals surface area (Å²) in [6.07, 6.45) is 5.64. The Morgan fingerprint density at radius 2 is 1.93 bits per heavy atom. The number of fused-ring (bicyclic) bond motifs is 1. The molecule has 0 aliphatic carbocycles. The fourth-order valence-electron chi connectivity index (χ4n) is 4.50. The first-order valence-electron chi connectivity index (χ1n) is 10.5. The van der Waals surface area contributed by atoms with Crippen molar-refractivity contribution in [3.05, 3.63) is 57.1 Å². The van der Waals surface area contributed by atoms with Crippen molar-refractivity contribution in [2.45, 2.75) is 63.6 Å². The Balaban J connectivity index is 1.70. The van der Waals surface area contributed by atoms with Crippen LogP contribution < -0.4 is 9.47 Å². The SMILES string of the molecule is COc1ccc2c3c1OC(CCCCC2)C[C@@H](OC(=O)c1ccc(Cl)c(Cl)c1)[C@@H]3C. The van der Waals surface area contributed by atoms with Gasteiger partial charge in [0.1, 0.15) is 12.2 Å². The molecule has 0 aromatic heterocycles. The first-order valence-corrected chi connectivity index (χ1v) is 11.3. The maximum Gasteiger partial charge on any atom is 0.338 e. The van der Waals surface area contributed by atoms with Crippen LogP contribution in [0.15, 0.2) is 30.3 Å². The lowest BCUT2D eigenvalue weighted by molar-refractivity contribution is 0.0140. The quantitative estimate of drug-likeness (QED) is 0.496. The van der Waals surface area contributed by atoms with Crippen LogP contribution >= 0.6 is 23.2 Å². The van der Waals surface area contributed by atoms with E-state index in [1.165, 1.54) is 12.0 Å². The summed E-state index contributed by atoms with van der Waals surface area (Å²) in [6, 6.07) is 8.92. The van der Waals surface area contributed by atoms with Gasteiger partial charge in [-0.1, -0.05) is 42.6 Å². The minimum atomic E-state index is -0.396. The Labute approximate surface area is 187 Å². The van der Waals surface area contributed by atoms with Crippen molar-refractivity contribution in [3.8, 4) is 11.5 Å². The van der Waals surface area contributed by atoms with Crippen LogP contribution in [0.25, 0.3) is 0 Å². The summed E-state index contributed by atoms with van der Waals surface area (Å²) in [6.45, 7) is 2.11. The van der Waals surface area contributed by atoms with E-state index in [1.54, 1.807) is 25.3 Å². The normalized spacial score (nSPS) is 23.3. The summed E-state index contributed by atoms with van der Waals surface area (Å²) in [7, 11) is 1.66. The number of ether oxygens (including phenoxy) is 3. The van der Waals surface area contributed by atoms with Gasteiger partial charge in [-0.05, 0) is 55.5 Å². The molecule has 2 heterocycles. The minimum Gasteiger partial charge on any atom is -0.493 e. The Bertz CT molecular complexity index is 943. The highest BCUT2D eigenvalue weighted by Gasteiger charge is 2.36. The van der Waals surface area contributed by atoms with Crippen LogP contribution in [0.3, 0.4) is 0 Å². The van der Waals surface area contributed by atoms with Gasteiger partial charge in [0, 0.05) is 17.9 Å². The van der Waals surface area contributed by atoms with E-state index in [4.69, 9.17) is 37.4 Å². The highest BCUT2D eigenvalue weighted by atomic mass is 35.5. The first kappa shape index (κ1) is 21.3. The van der Waals surface area contributed by atoms with Crippen LogP contribution in [0, 0.1) is 0 Å². The molecule has 0 saturated carbocycles. The van der Waals surface area contributed by atoms with E-state index in [0.29, 0.717) is 22.0 Å². The lowest BCUT2D eigenvalue weighted by Gasteiger charge is -2.25. The number of rotatable bonds is 3. The molecule has 0 amide bonds. The van der Waals surface area contributed by atoms with E-state index in [1.807, 2.05) is 6.07 Å². The number of halogens is 2. The number of benzene rings is 2. The highest BCUT2D eigenvalue weighted by Crippen LogP contribution is 2.45. The molecule has 2 aromatic rings. The molecule has 3 atom stereocenters. The van der Waals surface area contributed by atoms with Crippen LogP contribution in [0.5, 0.6) is 11.5 Å². The Hall–Kier alpha value is -1.91. The fourth-order valence-corrected chi connectivity index (χ4v) is 4.80. The van der Waals surface area contributed by atoms with Gasteiger partial charge in [0.25, 0.3) is 0 Å². The number of carbonyl (C=O) groups is 1. The molecule has 2 aliphatic heterocycles. The molecule has 0 fully saturated rings. The minimum absolute atomic E-state index is 0.0140. The van der Waals surface area contributed by atoms with Gasteiger partial charge in [0.05, 0.1) is 22.7 Å². The zero-order valence-electron chi connectivity index (χ0n) is 17.3. The van der Waals surface area contributed by atoms with Crippen LogP contribution in [0.4, 0.5) is 0 Å². The van der Waals surface area contributed by atoms with Gasteiger partial charge >= 0.3 is 5.97 Å². The van der Waals surface area contributed by atoms with Crippen molar-refractivity contribution in [3.63, 3.8) is 0 Å². The number of methoxy groups -OCH3 is 1. The van der Waals surface area contributed by atoms with Gasteiger partial charge in [-0.15, -0.1) is 0 Å². The van der Waals surface area contributed by atoms with Gasteiger partial charge in [-0.25, -0.2) is 4.79 Å². The highest BCUT2D eigenvalue weighted by molar-refractivity contribution is 6.42. The second-order valence-electron chi connectivity index (χ2n) is 8.11. The van der Waals surface area contributed by atoms with Crippen molar-refractivity contribution < 1.29 is 19.0 Å². The molecule has 2 aromatic carbocycles. The second-order valence-corrected chi connectivity index (χ2v) is 8.92. The molecule has 6 heteroatoms. The zero-order valence-corrected chi connectivity index (χ0v) is 18.8. The second kappa shape index (κ2) is 9.07. The standard InChI is InChI=1S/C24H26Cl2O4/c1-14-21(30-24(27)16-8-10-18(25)19(26)12-16)13-17-7-5-3-4-6-15-9-11-20(28-2)23(29-17)22(14)15/h8-12,14,17,21H,3-7,13H2,1-2H3/t14-,17?,21+/m0/s1. The number of carbonyl (C=O) groups excluding carboxylic acids is 1. The lowest BCUT2D eigenvalue weighted by Crippen LogP contribution is -2.28. The van der Waals surface area contributed by atoms with Crippen LogP contribution in [0.2, 0.25) is 10.0 Å². The molecule has 30 heavy (non-hydrogen) atoms. The molecule has 1 unspecified atom stereocenters. The predicted molar refractivity (Wildman–Crippen MR) is 118 cm³/mol. The van der Waals surface area contributed by atoms with Crippen LogP contribution in [-0.2, 0) is 11.2 Å². The molecule has 0 saturated heterocycles. The van der Waals surface area contributed by atoms with Gasteiger partial charge in [0.2, 0.25) is 0 Å². The van der Waals surface area contributed by atoms with Gasteiger partial charge < -0.3 is 14.2 Å². The molecular formula is C24H26Cl2O4. The Kier molecular flexibility index (Phi) is 6.45. The van der Waals surface area contributed by atoms with Crippen molar-refractivity contribution in [2.24, 2.45) is 0 Å². The molecule has 4 nitrogen and oxygen atoms in total. The van der Waals surface area contributed by atoms with Crippen LogP contribution in [-0.4, -0.2) is 25.3 Å². The molecule has 0 spiro atoms. The molecular weight excluding hydrogens is 423 g/mol. The summed E-state index contributed by atoms with van der Waals surface area (Å²) < 4.78 is 18.1. The molecule has 4 rings (SSSR count). The van der Waals surface area contributed by atoms with Crippen molar-refractivity contribution in [1.29, 1.82) is 0 Å². The summed E-state index contributed by atoms with van der Waals surface area (Å²) in [5.74, 6) is 1.14. The van der Waals surface area contributed by atoms with Crippen LogP contribution in [0.1, 0.15) is 66.4 Å². The van der Waals surface area contributed by atoms with E-state index in [2.05, 4.69) is 13.0 Å². The number of hydrogen-bond donors (Lipinski definition) is 0. The van der Waals surface area contributed by atoms with E-state index in [9.17, 15) is 4.79 Å². The predicted octanol–water partition coefficient (Wildman–Crippen LogP) is 6.60. The summed E-state index contributed by atoms with van der Waals surface area (Å²) in [5, 5.41) is 0.748. The van der Waals surface area contributed by atoms with Crippen molar-refractivity contribution >= 4 is 29.2 Å². The number of esters is 1. The monoisotopic (exact) mass is 448 g/mol. The molecule has 4 bridgehead atoms. The fraction of sp³-hybridized carbons (Fsp3) is 0.458. The average Bonchev–Trinajstić information content (AvgIpc) is 2.88. The van der Waals surface area contributed by atoms with E-state index in [0.717, 1.165) is 42.7 Å². The number of aryl methyl sites for hydroxylation is 1. The maximum atomic E-state index is 12.9. The lowest BCUT2D eigenvalue weighted by atomic mass is 9.87. The topological polar surface area (TPSA) is 44.8 Å². The third-order valence-electron chi connectivity index (χ3n) is 6.15. The van der Waals surface area contributed by atoms with Gasteiger partial charge in [-0.2, -0.15) is 0 Å². The molecule has 0 N–H and O–H groups in total. The van der Waals surface area contributed by atoms with E-state index >= 15 is 0 Å². The summed E-state index contributed by atoms with van der Waals surface area (Å²) >= 11 is 12.1. The van der Waals surface area contributed by atoms with E-state index < -0.39 is 5.97 Å². The van der Waals surface area contributed by atoms with E-state index in [-0.39, 0.29) is 18.1 Å².